The van der Waals surface area contributed by atoms with Crippen molar-refractivity contribution < 1.29 is 28.6 Å². The van der Waals surface area contributed by atoms with E-state index in [2.05, 4.69) is 112 Å². The molecule has 0 aliphatic rings. The van der Waals surface area contributed by atoms with E-state index in [1.165, 1.54) is 38.5 Å². The summed E-state index contributed by atoms with van der Waals surface area (Å²) in [5.41, 5.74) is 0. The van der Waals surface area contributed by atoms with Gasteiger partial charge in [0.05, 0.1) is 0 Å². The predicted octanol–water partition coefficient (Wildman–Crippen LogP) is 18.0. The van der Waals surface area contributed by atoms with E-state index in [0.717, 1.165) is 89.9 Å². The van der Waals surface area contributed by atoms with Gasteiger partial charge in [0.25, 0.3) is 0 Å². The number of unbranched alkanes of at least 4 members (excludes halogenated alkanes) is 12. The average molecular weight is 947 g/mol. The quantitative estimate of drug-likeness (QED) is 0.0199. The molecule has 382 valence electrons. The van der Waals surface area contributed by atoms with E-state index >= 15 is 0 Å². The smallest absolute Gasteiger partial charge is 0.306 e. The normalized spacial score (nSPS) is 13.5. The summed E-state index contributed by atoms with van der Waals surface area (Å²) in [6.07, 6.45) is 82.0. The van der Waals surface area contributed by atoms with Gasteiger partial charge in [0.15, 0.2) is 6.10 Å². The van der Waals surface area contributed by atoms with Crippen LogP contribution in [0.3, 0.4) is 0 Å². The van der Waals surface area contributed by atoms with Gasteiger partial charge in [0, 0.05) is 19.3 Å². The van der Waals surface area contributed by atoms with E-state index in [-0.39, 0.29) is 50.4 Å². The molecule has 0 saturated heterocycles. The Hall–Kier alpha value is -5.23. The second-order valence-electron chi connectivity index (χ2n) is 16.8. The van der Waals surface area contributed by atoms with Crippen molar-refractivity contribution in [1.82, 2.24) is 0 Å². The Balaban J connectivity index is 4.65. The third-order valence-corrected chi connectivity index (χ3v) is 10.4. The lowest BCUT2D eigenvalue weighted by Gasteiger charge is -2.18. The van der Waals surface area contributed by atoms with Gasteiger partial charge >= 0.3 is 17.9 Å². The highest BCUT2D eigenvalue weighted by atomic mass is 16.6. The molecule has 0 aliphatic carbocycles. The molecular formula is C63H94O6. The zero-order chi connectivity index (χ0) is 50.0. The van der Waals surface area contributed by atoms with E-state index in [1.807, 2.05) is 79.0 Å². The van der Waals surface area contributed by atoms with E-state index < -0.39 is 6.10 Å². The maximum absolute atomic E-state index is 12.8. The number of allylic oxidation sites excluding steroid dienone is 28. The van der Waals surface area contributed by atoms with Crippen molar-refractivity contribution in [2.24, 2.45) is 0 Å². The van der Waals surface area contributed by atoms with Gasteiger partial charge in [-0.25, -0.2) is 0 Å². The number of rotatable bonds is 45. The van der Waals surface area contributed by atoms with Crippen molar-refractivity contribution in [3.63, 3.8) is 0 Å². The predicted molar refractivity (Wildman–Crippen MR) is 297 cm³/mol. The van der Waals surface area contributed by atoms with Crippen molar-refractivity contribution >= 4 is 17.9 Å². The van der Waals surface area contributed by atoms with Gasteiger partial charge in [-0.2, -0.15) is 0 Å². The molecule has 0 aromatic heterocycles. The molecule has 1 atom stereocenters. The highest BCUT2D eigenvalue weighted by Crippen LogP contribution is 2.11. The molecule has 0 aliphatic heterocycles. The Kier molecular flexibility index (Phi) is 51.2. The van der Waals surface area contributed by atoms with Crippen molar-refractivity contribution in [3.8, 4) is 0 Å². The number of esters is 3. The maximum atomic E-state index is 12.8. The minimum Gasteiger partial charge on any atom is -0.462 e. The third kappa shape index (κ3) is 53.6. The summed E-state index contributed by atoms with van der Waals surface area (Å²) in [5, 5.41) is 0. The molecule has 0 saturated carbocycles. The lowest BCUT2D eigenvalue weighted by atomic mass is 10.1. The van der Waals surface area contributed by atoms with E-state index in [0.29, 0.717) is 19.3 Å². The summed E-state index contributed by atoms with van der Waals surface area (Å²) < 4.78 is 16.7. The summed E-state index contributed by atoms with van der Waals surface area (Å²) >= 11 is 0. The van der Waals surface area contributed by atoms with E-state index in [1.54, 1.807) is 0 Å². The summed E-state index contributed by atoms with van der Waals surface area (Å²) in [6.45, 7) is 6.22. The summed E-state index contributed by atoms with van der Waals surface area (Å²) in [4.78, 5) is 38.0. The van der Waals surface area contributed by atoms with Crippen molar-refractivity contribution in [2.75, 3.05) is 13.2 Å². The zero-order valence-electron chi connectivity index (χ0n) is 43.5. The van der Waals surface area contributed by atoms with Crippen LogP contribution in [0.15, 0.2) is 170 Å². The lowest BCUT2D eigenvalue weighted by molar-refractivity contribution is -0.166. The lowest BCUT2D eigenvalue weighted by Crippen LogP contribution is -2.30. The first-order chi connectivity index (χ1) is 34.0. The van der Waals surface area contributed by atoms with Crippen molar-refractivity contribution in [3.05, 3.63) is 170 Å². The van der Waals surface area contributed by atoms with Gasteiger partial charge in [0.2, 0.25) is 0 Å². The van der Waals surface area contributed by atoms with Gasteiger partial charge in [-0.05, 0) is 103 Å². The average Bonchev–Trinajstić information content (AvgIpc) is 3.35. The van der Waals surface area contributed by atoms with Crippen LogP contribution in [0, 0.1) is 0 Å². The van der Waals surface area contributed by atoms with Gasteiger partial charge < -0.3 is 14.2 Å². The molecule has 6 heteroatoms. The number of ether oxygens (including phenoxy) is 3. The molecule has 0 heterocycles. The second-order valence-corrected chi connectivity index (χ2v) is 16.8. The molecule has 0 rings (SSSR count). The molecule has 69 heavy (non-hydrogen) atoms. The van der Waals surface area contributed by atoms with Crippen molar-refractivity contribution in [2.45, 2.75) is 194 Å². The first-order valence-electron chi connectivity index (χ1n) is 26.7. The Bertz CT molecular complexity index is 1650. The maximum Gasteiger partial charge on any atom is 0.306 e. The monoisotopic (exact) mass is 947 g/mol. The molecule has 1 unspecified atom stereocenters. The van der Waals surface area contributed by atoms with Crippen LogP contribution in [0.1, 0.15) is 188 Å². The molecule has 0 fully saturated rings. The number of hydrogen-bond acceptors (Lipinski definition) is 6. The van der Waals surface area contributed by atoms with Gasteiger partial charge in [-0.1, -0.05) is 236 Å². The van der Waals surface area contributed by atoms with Crippen LogP contribution in [-0.2, 0) is 28.6 Å². The molecule has 0 amide bonds. The number of carbonyl (C=O) groups excluding carboxylic acids is 3. The highest BCUT2D eigenvalue weighted by Gasteiger charge is 2.19. The minimum absolute atomic E-state index is 0.142. The van der Waals surface area contributed by atoms with Crippen molar-refractivity contribution in [1.29, 1.82) is 0 Å². The molecule has 0 bridgehead atoms. The molecular weight excluding hydrogens is 853 g/mol. The topological polar surface area (TPSA) is 78.9 Å². The molecule has 0 aromatic rings. The van der Waals surface area contributed by atoms with Gasteiger partial charge in [-0.3, -0.25) is 14.4 Å². The standard InChI is InChI=1S/C63H94O6/c1-4-7-10-13-16-19-22-25-27-29-31-33-35-38-41-44-47-50-53-56-62(65)68-59-60(58-67-61(64)55-52-49-46-43-40-37-24-21-18-15-12-9-6-3)69-63(66)57-54-51-48-45-42-39-36-34-32-30-28-26-23-20-17-14-11-8-5-2/h7-8,10-11,13,16-17,19-20,22,25-29,31-35,37-42,46,49,60H,4-6,9,12,14-15,18,21,23-24,30,36,43-45,47-48,50-59H2,1-3H3/b10-7-,11-8-,16-13-,20-17-,22-19-,27-25-,28-26-,31-29+,34-32-,35-33-,40-37-,41-38-,42-39-,49-46-. The fourth-order valence-corrected chi connectivity index (χ4v) is 6.44. The van der Waals surface area contributed by atoms with Crippen LogP contribution in [0.25, 0.3) is 0 Å². The Morgan fingerprint density at radius 2 is 0.667 bits per heavy atom. The Morgan fingerprint density at radius 1 is 0.319 bits per heavy atom. The first-order valence-corrected chi connectivity index (χ1v) is 26.7. The SMILES string of the molecule is CC\C=C/C=C\C=C/C=C\C=C\C=C/C=C\CCCCCC(=O)OCC(COC(=O)CC/C=C\C/C=C\CCCCCCCC)OC(=O)CCCCC/C=C\C/C=C\C/C=C\C/C=C\C/C=C\CC. The second kappa shape index (κ2) is 55.4. The Labute approximate surface area is 422 Å². The fourth-order valence-electron chi connectivity index (χ4n) is 6.44. The van der Waals surface area contributed by atoms with E-state index in [4.69, 9.17) is 14.2 Å². The van der Waals surface area contributed by atoms with Crippen LogP contribution in [0.4, 0.5) is 0 Å². The van der Waals surface area contributed by atoms with Gasteiger partial charge in [-0.15, -0.1) is 0 Å². The van der Waals surface area contributed by atoms with Crippen LogP contribution in [0.2, 0.25) is 0 Å². The third-order valence-electron chi connectivity index (χ3n) is 10.4. The van der Waals surface area contributed by atoms with Crippen LogP contribution in [-0.4, -0.2) is 37.2 Å². The molecule has 0 radical (unpaired) electrons. The summed E-state index contributed by atoms with van der Waals surface area (Å²) in [7, 11) is 0. The number of carbonyl (C=O) groups is 3. The Morgan fingerprint density at radius 3 is 1.14 bits per heavy atom. The minimum atomic E-state index is -0.847. The van der Waals surface area contributed by atoms with Crippen LogP contribution < -0.4 is 0 Å². The van der Waals surface area contributed by atoms with Gasteiger partial charge in [0.1, 0.15) is 13.2 Å². The summed E-state index contributed by atoms with van der Waals surface area (Å²) in [6, 6.07) is 0. The van der Waals surface area contributed by atoms with Crippen LogP contribution in [0.5, 0.6) is 0 Å². The van der Waals surface area contributed by atoms with E-state index in [9.17, 15) is 14.4 Å². The fraction of sp³-hybridized carbons (Fsp3) is 0.508. The summed E-state index contributed by atoms with van der Waals surface area (Å²) in [5.74, 6) is -1.10. The molecule has 0 spiro atoms. The zero-order valence-corrected chi connectivity index (χ0v) is 43.5. The highest BCUT2D eigenvalue weighted by molar-refractivity contribution is 5.71. The first kappa shape index (κ1) is 63.8. The molecule has 0 aromatic carbocycles. The number of hydrogen-bond donors (Lipinski definition) is 0. The van der Waals surface area contributed by atoms with Crippen LogP contribution >= 0.6 is 0 Å². The molecule has 0 N–H and O–H groups in total. The largest absolute Gasteiger partial charge is 0.462 e. The molecule has 6 nitrogen and oxygen atoms in total.